The Labute approximate surface area is 73.2 Å². The van der Waals surface area contributed by atoms with Crippen LogP contribution in [0.4, 0.5) is 0 Å². The zero-order chi connectivity index (χ0) is 9.14. The second kappa shape index (κ2) is 3.44. The van der Waals surface area contributed by atoms with Gasteiger partial charge in [0.1, 0.15) is 0 Å². The summed E-state index contributed by atoms with van der Waals surface area (Å²) in [5, 5.41) is 2.40. The Bertz CT molecular complexity index is 384. The summed E-state index contributed by atoms with van der Waals surface area (Å²) in [6, 6.07) is 6.17. The van der Waals surface area contributed by atoms with Gasteiger partial charge in [0.15, 0.2) is 0 Å². The van der Waals surface area contributed by atoms with Gasteiger partial charge in [-0.05, 0) is 36.8 Å². The Kier molecular flexibility index (Phi) is 2.54. The van der Waals surface area contributed by atoms with E-state index in [9.17, 15) is 0 Å². The van der Waals surface area contributed by atoms with E-state index in [1.54, 1.807) is 6.20 Å². The second-order valence-electron chi connectivity index (χ2n) is 3.21. The van der Waals surface area contributed by atoms with Crippen LogP contribution in [-0.2, 0) is 0 Å². The summed E-state index contributed by atoms with van der Waals surface area (Å²) in [5.41, 5.74) is 8.12. The lowest BCUT2D eigenvalue weighted by atomic mass is 10.1. The first-order valence-corrected chi connectivity index (χ1v) is 4.12. The Hall–Kier alpha value is -1.24. The van der Waals surface area contributed by atoms with Crippen molar-refractivity contribution >= 4 is 11.8 Å². The minimum absolute atomic E-state index is 1.12. The Morgan fingerprint density at radius 3 is 2.42 bits per heavy atom. The third kappa shape index (κ3) is 1.50. The Morgan fingerprint density at radius 1 is 1.33 bits per heavy atom. The smallest absolute Gasteiger partial charge is 0.00176 e. The molecule has 1 rings (SSSR count). The number of nitrogens with two attached hydrogens (primary N) is 1. The molecule has 0 fully saturated rings. The Morgan fingerprint density at radius 2 is 2.00 bits per heavy atom. The van der Waals surface area contributed by atoms with E-state index in [2.05, 4.69) is 26.8 Å². The van der Waals surface area contributed by atoms with E-state index < -0.39 is 0 Å². The van der Waals surface area contributed by atoms with Crippen LogP contribution in [0.15, 0.2) is 18.2 Å². The monoisotopic (exact) mass is 161 g/mol. The highest BCUT2D eigenvalue weighted by molar-refractivity contribution is 5.43. The van der Waals surface area contributed by atoms with Gasteiger partial charge in [-0.1, -0.05) is 23.8 Å². The summed E-state index contributed by atoms with van der Waals surface area (Å²) in [6.07, 6.45) is 1.66. The number of hydrogen-bond donors (Lipinski definition) is 1. The van der Waals surface area contributed by atoms with Crippen molar-refractivity contribution in [3.8, 4) is 0 Å². The molecule has 0 aliphatic heterocycles. The van der Waals surface area contributed by atoms with Crippen LogP contribution in [0.3, 0.4) is 0 Å². The van der Waals surface area contributed by atoms with Crippen molar-refractivity contribution in [2.75, 3.05) is 0 Å². The standard InChI is InChI=1S/C11H15N/c1-8(2)11-9(3)5-4-6-10(11)7-12/h4-7H,12H2,1-3H3/b10-7-. The fourth-order valence-electron chi connectivity index (χ4n) is 1.51. The van der Waals surface area contributed by atoms with E-state index in [1.807, 2.05) is 12.1 Å². The molecule has 2 N–H and O–H groups in total. The summed E-state index contributed by atoms with van der Waals surface area (Å²) in [7, 11) is 0. The van der Waals surface area contributed by atoms with Gasteiger partial charge < -0.3 is 5.73 Å². The van der Waals surface area contributed by atoms with Gasteiger partial charge in [0, 0.05) is 6.20 Å². The first-order chi connectivity index (χ1) is 5.66. The minimum Gasteiger partial charge on any atom is -0.404 e. The van der Waals surface area contributed by atoms with E-state index in [-0.39, 0.29) is 0 Å². The fraction of sp³-hybridized carbons (Fsp3) is 0.273. The fourth-order valence-corrected chi connectivity index (χ4v) is 1.51. The van der Waals surface area contributed by atoms with E-state index in [0.717, 1.165) is 5.22 Å². The molecule has 12 heavy (non-hydrogen) atoms. The molecule has 1 nitrogen and oxygen atoms in total. The van der Waals surface area contributed by atoms with Crippen LogP contribution in [0.2, 0.25) is 0 Å². The highest BCUT2D eigenvalue weighted by Gasteiger charge is 1.91. The third-order valence-electron chi connectivity index (χ3n) is 1.98. The summed E-state index contributed by atoms with van der Waals surface area (Å²) in [5.74, 6) is 0. The molecule has 0 saturated heterocycles. The lowest BCUT2D eigenvalue weighted by Gasteiger charge is -1.98. The molecule has 64 valence electrons. The van der Waals surface area contributed by atoms with Crippen molar-refractivity contribution in [1.29, 1.82) is 0 Å². The zero-order valence-corrected chi connectivity index (χ0v) is 7.89. The topological polar surface area (TPSA) is 26.0 Å². The lowest BCUT2D eigenvalue weighted by molar-refractivity contribution is 1.32. The summed E-state index contributed by atoms with van der Waals surface area (Å²) in [4.78, 5) is 0. The predicted molar refractivity (Wildman–Crippen MR) is 53.8 cm³/mol. The molecule has 0 unspecified atom stereocenters. The molecule has 0 spiro atoms. The van der Waals surface area contributed by atoms with Gasteiger partial charge in [0.2, 0.25) is 0 Å². The molecule has 0 radical (unpaired) electrons. The van der Waals surface area contributed by atoms with Crippen molar-refractivity contribution in [3.63, 3.8) is 0 Å². The van der Waals surface area contributed by atoms with Crippen LogP contribution in [0, 0.1) is 6.92 Å². The van der Waals surface area contributed by atoms with E-state index in [4.69, 9.17) is 5.73 Å². The largest absolute Gasteiger partial charge is 0.404 e. The van der Waals surface area contributed by atoms with Crippen LogP contribution in [-0.4, -0.2) is 0 Å². The minimum atomic E-state index is 1.12. The molecular formula is C11H15N. The quantitative estimate of drug-likeness (QED) is 0.600. The van der Waals surface area contributed by atoms with Crippen LogP contribution in [0.25, 0.3) is 11.8 Å². The average molecular weight is 161 g/mol. The van der Waals surface area contributed by atoms with E-state index >= 15 is 0 Å². The molecule has 0 aliphatic rings. The molecule has 0 saturated carbocycles. The molecule has 0 aliphatic carbocycles. The number of aryl methyl sites for hydroxylation is 1. The molecule has 0 amide bonds. The van der Waals surface area contributed by atoms with Crippen LogP contribution in [0.5, 0.6) is 0 Å². The summed E-state index contributed by atoms with van der Waals surface area (Å²) < 4.78 is 0. The first-order valence-electron chi connectivity index (χ1n) is 4.12. The van der Waals surface area contributed by atoms with Gasteiger partial charge in [0.05, 0.1) is 0 Å². The van der Waals surface area contributed by atoms with Crippen LogP contribution < -0.4 is 16.2 Å². The van der Waals surface area contributed by atoms with Crippen LogP contribution in [0.1, 0.15) is 19.4 Å². The lowest BCUT2D eigenvalue weighted by Crippen LogP contribution is -2.29. The highest BCUT2D eigenvalue weighted by Crippen LogP contribution is 1.89. The maximum Gasteiger partial charge on any atom is 0.00176 e. The molecule has 0 heterocycles. The normalized spacial score (nSPS) is 11.8. The molecule has 0 atom stereocenters. The zero-order valence-electron chi connectivity index (χ0n) is 7.89. The molecule has 0 aromatic heterocycles. The number of benzene rings is 1. The van der Waals surface area contributed by atoms with Gasteiger partial charge in [-0.2, -0.15) is 0 Å². The summed E-state index contributed by atoms with van der Waals surface area (Å²) in [6.45, 7) is 6.32. The molecule has 0 bridgehead atoms. The maximum absolute atomic E-state index is 5.52. The maximum atomic E-state index is 5.52. The van der Waals surface area contributed by atoms with Gasteiger partial charge in [-0.3, -0.25) is 0 Å². The van der Waals surface area contributed by atoms with E-state index in [1.165, 1.54) is 16.4 Å². The first kappa shape index (κ1) is 8.85. The molecule has 1 aromatic carbocycles. The second-order valence-corrected chi connectivity index (χ2v) is 3.21. The highest BCUT2D eigenvalue weighted by atomic mass is 14.5. The SMILES string of the molecule is CC(C)=c1c(C)ccc/c1=C/N. The van der Waals surface area contributed by atoms with Gasteiger partial charge in [0.25, 0.3) is 0 Å². The molecule has 1 aromatic rings. The third-order valence-corrected chi connectivity index (χ3v) is 1.98. The summed E-state index contributed by atoms with van der Waals surface area (Å²) >= 11 is 0. The Balaban J connectivity index is 3.78. The predicted octanol–water partition coefficient (Wildman–Crippen LogP) is 0.882. The van der Waals surface area contributed by atoms with Crippen molar-refractivity contribution in [2.45, 2.75) is 20.8 Å². The van der Waals surface area contributed by atoms with Gasteiger partial charge >= 0.3 is 0 Å². The number of rotatable bonds is 0. The van der Waals surface area contributed by atoms with Gasteiger partial charge in [-0.15, -0.1) is 0 Å². The van der Waals surface area contributed by atoms with E-state index in [0.29, 0.717) is 0 Å². The number of hydrogen-bond acceptors (Lipinski definition) is 1. The van der Waals surface area contributed by atoms with Crippen molar-refractivity contribution in [2.24, 2.45) is 5.73 Å². The van der Waals surface area contributed by atoms with Gasteiger partial charge in [-0.25, -0.2) is 0 Å². The average Bonchev–Trinajstić information content (AvgIpc) is 2.03. The molecule has 1 heteroatoms. The van der Waals surface area contributed by atoms with Crippen molar-refractivity contribution < 1.29 is 0 Å². The van der Waals surface area contributed by atoms with Crippen molar-refractivity contribution in [1.82, 2.24) is 0 Å². The molecular weight excluding hydrogens is 146 g/mol. The van der Waals surface area contributed by atoms with Crippen LogP contribution >= 0.6 is 0 Å². The van der Waals surface area contributed by atoms with Crippen molar-refractivity contribution in [3.05, 3.63) is 34.2 Å².